The Morgan fingerprint density at radius 3 is 2.56 bits per heavy atom. The Kier molecular flexibility index (Phi) is 2.34. The topological polar surface area (TPSA) is 0 Å². The predicted octanol–water partition coefficient (Wildman–Crippen LogP) is 2.53. The second-order valence-corrected chi connectivity index (χ2v) is 9.06. The molecule has 0 amide bonds. The van der Waals surface area contributed by atoms with Crippen molar-refractivity contribution in [3.63, 3.8) is 0 Å². The summed E-state index contributed by atoms with van der Waals surface area (Å²) in [4.78, 5) is 0. The smallest absolute Gasteiger partial charge is 0.0209 e. The maximum absolute atomic E-state index is 5.56. The predicted molar refractivity (Wildman–Crippen MR) is 48.3 cm³/mol. The van der Waals surface area contributed by atoms with E-state index in [4.69, 9.17) is 11.8 Å². The van der Waals surface area contributed by atoms with Crippen LogP contribution in [0.1, 0.15) is 20.3 Å². The first-order chi connectivity index (χ1) is 4.16. The number of hydrogen-bond donors (Lipinski definition) is 0. The van der Waals surface area contributed by atoms with Crippen molar-refractivity contribution in [1.82, 2.24) is 0 Å². The van der Waals surface area contributed by atoms with Gasteiger partial charge in [0.15, 0.2) is 0 Å². The molecule has 9 heavy (non-hydrogen) atoms. The van der Waals surface area contributed by atoms with Crippen LogP contribution in [-0.2, 0) is 11.8 Å². The van der Waals surface area contributed by atoms with Crippen LogP contribution in [0.3, 0.4) is 0 Å². The second kappa shape index (κ2) is 2.72. The fourth-order valence-corrected chi connectivity index (χ4v) is 5.56. The molecule has 1 heterocycles. The van der Waals surface area contributed by atoms with Gasteiger partial charge in [0.1, 0.15) is 0 Å². The van der Waals surface area contributed by atoms with Gasteiger partial charge < -0.3 is 0 Å². The molecule has 1 fully saturated rings. The molecule has 0 aromatic heterocycles. The molecule has 0 spiro atoms. The minimum atomic E-state index is -0.774. The fraction of sp³-hybridized carbons (Fsp3) is 1.00. The van der Waals surface area contributed by atoms with Crippen molar-refractivity contribution < 1.29 is 0 Å². The highest BCUT2D eigenvalue weighted by atomic mass is 32.4. The van der Waals surface area contributed by atoms with Crippen molar-refractivity contribution in [1.29, 1.82) is 0 Å². The highest BCUT2D eigenvalue weighted by Gasteiger charge is 2.25. The van der Waals surface area contributed by atoms with E-state index < -0.39 is 6.04 Å². The van der Waals surface area contributed by atoms with E-state index in [1.165, 1.54) is 24.9 Å². The summed E-state index contributed by atoms with van der Waals surface area (Å²) in [6.45, 7) is 4.60. The van der Waals surface area contributed by atoms with Gasteiger partial charge in [-0.25, -0.2) is 0 Å². The molecule has 0 nitrogen and oxygen atoms in total. The molecule has 2 unspecified atom stereocenters. The van der Waals surface area contributed by atoms with E-state index in [2.05, 4.69) is 13.8 Å². The largest absolute Gasteiger partial charge is 0.0975 e. The lowest BCUT2D eigenvalue weighted by atomic mass is 10.2. The van der Waals surface area contributed by atoms with Crippen molar-refractivity contribution >= 4 is 17.8 Å². The lowest BCUT2D eigenvalue weighted by Crippen LogP contribution is -1.90. The van der Waals surface area contributed by atoms with Crippen molar-refractivity contribution in [3.05, 3.63) is 0 Å². The summed E-state index contributed by atoms with van der Waals surface area (Å²) in [5.41, 5.74) is 0. The Hall–Kier alpha value is 0.650. The molecule has 0 aromatic rings. The van der Waals surface area contributed by atoms with E-state index in [0.29, 0.717) is 0 Å². The summed E-state index contributed by atoms with van der Waals surface area (Å²) in [5.74, 6) is 0.941. The molecular weight excluding hydrogens is 147 g/mol. The molecule has 54 valence electrons. The first kappa shape index (κ1) is 7.75. The average molecular weight is 162 g/mol. The van der Waals surface area contributed by atoms with E-state index in [-0.39, 0.29) is 0 Å². The van der Waals surface area contributed by atoms with Crippen molar-refractivity contribution in [2.24, 2.45) is 5.92 Å². The average Bonchev–Trinajstić information content (AvgIpc) is 2.13. The molecule has 0 aromatic carbocycles. The van der Waals surface area contributed by atoms with E-state index in [1.54, 1.807) is 0 Å². The van der Waals surface area contributed by atoms with Crippen LogP contribution in [0.5, 0.6) is 0 Å². The van der Waals surface area contributed by atoms with Crippen molar-refractivity contribution in [2.45, 2.75) is 20.3 Å². The zero-order valence-corrected chi connectivity index (χ0v) is 7.97. The molecule has 2 atom stereocenters. The van der Waals surface area contributed by atoms with Gasteiger partial charge in [-0.15, -0.1) is 0 Å². The summed E-state index contributed by atoms with van der Waals surface area (Å²) in [6, 6.07) is -0.774. The second-order valence-electron chi connectivity index (χ2n) is 3.17. The van der Waals surface area contributed by atoms with Gasteiger partial charge in [0, 0.05) is 0 Å². The molecule has 1 aliphatic rings. The summed E-state index contributed by atoms with van der Waals surface area (Å²) < 4.78 is 0. The quantitative estimate of drug-likeness (QED) is 0.534. The summed E-state index contributed by atoms with van der Waals surface area (Å²) in [7, 11) is 0. The lowest BCUT2D eigenvalue weighted by Gasteiger charge is -2.10. The van der Waals surface area contributed by atoms with Crippen molar-refractivity contribution in [2.75, 3.05) is 18.5 Å². The maximum atomic E-state index is 5.56. The first-order valence-corrected chi connectivity index (χ1v) is 7.09. The maximum Gasteiger partial charge on any atom is -0.0209 e. The SMILES string of the molecule is CCP1(=S)CCC(C)C1. The Labute approximate surface area is 63.0 Å². The molecule has 0 saturated carbocycles. The molecule has 1 saturated heterocycles. The standard InChI is InChI=1S/C7H15PS/c1-3-8(9)5-4-7(2)6-8/h7H,3-6H2,1-2H3. The highest BCUT2D eigenvalue weighted by Crippen LogP contribution is 2.53. The van der Waals surface area contributed by atoms with Crippen LogP contribution >= 0.6 is 6.04 Å². The molecule has 0 aliphatic carbocycles. The molecule has 0 bridgehead atoms. The molecular formula is C7H15PS. The van der Waals surface area contributed by atoms with Crippen LogP contribution in [0.15, 0.2) is 0 Å². The van der Waals surface area contributed by atoms with Gasteiger partial charge in [0.05, 0.1) is 0 Å². The molecule has 1 rings (SSSR count). The Bertz CT molecular complexity index is 142. The monoisotopic (exact) mass is 162 g/mol. The van der Waals surface area contributed by atoms with Crippen molar-refractivity contribution in [3.8, 4) is 0 Å². The van der Waals surface area contributed by atoms with Gasteiger partial charge in [-0.05, 0) is 36.9 Å². The van der Waals surface area contributed by atoms with Gasteiger partial charge in [-0.3, -0.25) is 0 Å². The van der Waals surface area contributed by atoms with E-state index >= 15 is 0 Å². The van der Waals surface area contributed by atoms with Gasteiger partial charge >= 0.3 is 0 Å². The molecule has 0 radical (unpaired) electrons. The Morgan fingerprint density at radius 2 is 2.33 bits per heavy atom. The third kappa shape index (κ3) is 1.78. The van der Waals surface area contributed by atoms with Crippen LogP contribution in [0, 0.1) is 5.92 Å². The fourth-order valence-electron chi connectivity index (χ4n) is 1.49. The normalized spacial score (nSPS) is 43.6. The van der Waals surface area contributed by atoms with E-state index in [9.17, 15) is 0 Å². The van der Waals surface area contributed by atoms with Crippen LogP contribution < -0.4 is 0 Å². The van der Waals surface area contributed by atoms with Gasteiger partial charge in [0.2, 0.25) is 0 Å². The molecule has 1 aliphatic heterocycles. The van der Waals surface area contributed by atoms with Gasteiger partial charge in [-0.2, -0.15) is 0 Å². The van der Waals surface area contributed by atoms with E-state index in [0.717, 1.165) is 5.92 Å². The third-order valence-electron chi connectivity index (χ3n) is 2.25. The zero-order chi connectivity index (χ0) is 6.91. The lowest BCUT2D eigenvalue weighted by molar-refractivity contribution is 0.668. The summed E-state index contributed by atoms with van der Waals surface area (Å²) >= 11 is 5.56. The zero-order valence-electron chi connectivity index (χ0n) is 6.26. The molecule has 2 heteroatoms. The van der Waals surface area contributed by atoms with Gasteiger partial charge in [0.25, 0.3) is 0 Å². The van der Waals surface area contributed by atoms with Crippen LogP contribution in [0.25, 0.3) is 0 Å². The number of rotatable bonds is 1. The summed E-state index contributed by atoms with van der Waals surface area (Å²) in [6.07, 6.45) is 5.48. The van der Waals surface area contributed by atoms with Crippen LogP contribution in [0.4, 0.5) is 0 Å². The van der Waals surface area contributed by atoms with E-state index in [1.807, 2.05) is 0 Å². The molecule has 0 N–H and O–H groups in total. The minimum absolute atomic E-state index is 0.774. The van der Waals surface area contributed by atoms with Crippen LogP contribution in [0.2, 0.25) is 0 Å². The number of hydrogen-bond acceptors (Lipinski definition) is 1. The van der Waals surface area contributed by atoms with Gasteiger partial charge in [-0.1, -0.05) is 25.7 Å². The summed E-state index contributed by atoms with van der Waals surface area (Å²) in [5, 5.41) is 0. The first-order valence-electron chi connectivity index (χ1n) is 3.73. The minimum Gasteiger partial charge on any atom is -0.0975 e. The highest BCUT2D eigenvalue weighted by molar-refractivity contribution is 8.14. The van der Waals surface area contributed by atoms with Crippen LogP contribution in [-0.4, -0.2) is 18.5 Å². The Balaban J connectivity index is 2.55. The third-order valence-corrected chi connectivity index (χ3v) is 7.53. The Morgan fingerprint density at radius 1 is 1.67 bits per heavy atom.